The zero-order chi connectivity index (χ0) is 37.0. The van der Waals surface area contributed by atoms with Crippen LogP contribution in [0, 0.1) is 5.92 Å². The number of hydrogen-bond donors (Lipinski definition) is 1. The van der Waals surface area contributed by atoms with Gasteiger partial charge >= 0.3 is 0 Å². The smallest absolute Gasteiger partial charge is 0.247 e. The highest BCUT2D eigenvalue weighted by Gasteiger charge is 2.40. The highest BCUT2D eigenvalue weighted by atomic mass is 28.4. The third-order valence-corrected chi connectivity index (χ3v) is 14.6. The fraction of sp³-hybridized carbons (Fsp3) is 0.667. The monoisotopic (exact) mass is 705 g/mol. The number of nitrogens with one attached hydrogen (secondary N) is 1. The molecule has 7 nitrogen and oxygen atoms in total. The van der Waals surface area contributed by atoms with Gasteiger partial charge in [-0.2, -0.15) is 0 Å². The Morgan fingerprint density at radius 2 is 1.65 bits per heavy atom. The summed E-state index contributed by atoms with van der Waals surface area (Å²) in [6, 6.07) is 1.11. The maximum atomic E-state index is 11.9. The summed E-state index contributed by atoms with van der Waals surface area (Å²) < 4.78 is 30.1. The van der Waals surface area contributed by atoms with Crippen LogP contribution in [0.4, 0.5) is 0 Å². The average molecular weight is 706 g/mol. The fourth-order valence-electron chi connectivity index (χ4n) is 4.40. The van der Waals surface area contributed by atoms with Crippen molar-refractivity contribution in [2.75, 3.05) is 27.3 Å². The molecule has 276 valence electrons. The molecule has 1 amide bonds. The maximum Gasteiger partial charge on any atom is 0.247 e. The maximum absolute atomic E-state index is 11.9. The summed E-state index contributed by atoms with van der Waals surface area (Å²) in [6.45, 7) is 33.7. The van der Waals surface area contributed by atoms with Crippen LogP contribution < -0.4 is 5.32 Å². The van der Waals surface area contributed by atoms with Crippen molar-refractivity contribution in [1.29, 1.82) is 0 Å². The Balaban J connectivity index is 5.62. The number of carbonyl (C=O) groups is 1. The summed E-state index contributed by atoms with van der Waals surface area (Å²) in [7, 11) is -1.56. The minimum atomic E-state index is -2.02. The van der Waals surface area contributed by atoms with E-state index in [1.54, 1.807) is 19.4 Å². The van der Waals surface area contributed by atoms with Crippen molar-refractivity contribution < 1.29 is 28.2 Å². The molecule has 48 heavy (non-hydrogen) atoms. The van der Waals surface area contributed by atoms with Crippen LogP contribution in [0.25, 0.3) is 0 Å². The normalized spacial score (nSPS) is 16.2. The van der Waals surface area contributed by atoms with Gasteiger partial charge in [0.25, 0.3) is 0 Å². The minimum Gasteiger partial charge on any atom is -0.411 e. The van der Waals surface area contributed by atoms with Gasteiger partial charge in [0.05, 0.1) is 12.2 Å². The molecule has 4 atom stereocenters. The molecule has 0 aliphatic heterocycles. The molecule has 1 N–H and O–H groups in total. The van der Waals surface area contributed by atoms with E-state index in [-0.39, 0.29) is 48.8 Å². The Hall–Kier alpha value is -1.86. The van der Waals surface area contributed by atoms with Gasteiger partial charge in [0.2, 0.25) is 5.91 Å². The quantitative estimate of drug-likeness (QED) is 0.0269. The van der Waals surface area contributed by atoms with Gasteiger partial charge < -0.3 is 28.7 Å². The van der Waals surface area contributed by atoms with Crippen molar-refractivity contribution in [3.05, 3.63) is 72.0 Å². The summed E-state index contributed by atoms with van der Waals surface area (Å²) in [4.78, 5) is 11.9. The topological polar surface area (TPSA) is 75.3 Å². The standard InChI is InChI=1S/C39H71NO6Si2/c1-16-35(44-29-42-10)36(46-48(14,15)39(7,8)9)21-19-17-18-20-32(4)28-37(45-30-43-24-25-47(11,12)13)34(6)27-33(5)22-23-40-38(41)26-31(2)3/h16-18,20,22-23,26-27,34-37H,1,19,21,24-25,28-30H2,2-15H3,(H,40,41)/t34-,35-,36-,37-/m1/s1. The molecule has 0 aromatic heterocycles. The van der Waals surface area contributed by atoms with E-state index in [4.69, 9.17) is 23.4 Å². The number of ether oxygens (including phenoxy) is 4. The zero-order valence-electron chi connectivity index (χ0n) is 33.0. The molecule has 0 aliphatic carbocycles. The highest BCUT2D eigenvalue weighted by Crippen LogP contribution is 2.38. The van der Waals surface area contributed by atoms with Gasteiger partial charge in [-0.1, -0.05) is 94.4 Å². The molecule has 0 fully saturated rings. The lowest BCUT2D eigenvalue weighted by Crippen LogP contribution is -2.47. The lowest BCUT2D eigenvalue weighted by Gasteiger charge is -2.40. The van der Waals surface area contributed by atoms with E-state index in [0.717, 1.165) is 43.1 Å². The van der Waals surface area contributed by atoms with Crippen LogP contribution in [-0.2, 0) is 28.2 Å². The first-order chi connectivity index (χ1) is 22.2. The summed E-state index contributed by atoms with van der Waals surface area (Å²) in [5.41, 5.74) is 3.24. The van der Waals surface area contributed by atoms with E-state index in [9.17, 15) is 4.79 Å². The molecule has 0 heterocycles. The third-order valence-electron chi connectivity index (χ3n) is 8.35. The lowest BCUT2D eigenvalue weighted by atomic mass is 9.95. The summed E-state index contributed by atoms with van der Waals surface area (Å²) in [5.74, 6) is 0.00317. The van der Waals surface area contributed by atoms with E-state index in [1.165, 1.54) is 5.57 Å². The van der Waals surface area contributed by atoms with Gasteiger partial charge in [0.1, 0.15) is 19.7 Å². The molecule has 0 aromatic rings. The second-order valence-corrected chi connectivity index (χ2v) is 26.2. The predicted molar refractivity (Wildman–Crippen MR) is 209 cm³/mol. The third kappa shape index (κ3) is 22.0. The zero-order valence-corrected chi connectivity index (χ0v) is 35.0. The summed E-state index contributed by atoms with van der Waals surface area (Å²) in [6.07, 6.45) is 17.7. The number of rotatable bonds is 24. The Kier molecular flexibility index (Phi) is 22.6. The molecule has 0 saturated carbocycles. The molecule has 0 aliphatic rings. The SMILES string of the molecule is C=C[C@@H](OCOC)[C@@H](CCC=CC=C(C)C[C@@H](OCOCC[Si](C)(C)C)[C@H](C)C=C(C)C=CNC(=O)C=C(C)C)O[Si](C)(C)C(C)(C)C. The van der Waals surface area contributed by atoms with Crippen LogP contribution in [0.5, 0.6) is 0 Å². The largest absolute Gasteiger partial charge is 0.411 e. The predicted octanol–water partition coefficient (Wildman–Crippen LogP) is 10.1. The molecule has 0 radical (unpaired) electrons. The Bertz CT molecular complexity index is 1090. The molecule has 0 aromatic carbocycles. The fourth-order valence-corrected chi connectivity index (χ4v) is 6.52. The van der Waals surface area contributed by atoms with E-state index < -0.39 is 16.4 Å². The van der Waals surface area contributed by atoms with Crippen LogP contribution in [0.1, 0.15) is 74.7 Å². The van der Waals surface area contributed by atoms with E-state index in [1.807, 2.05) is 32.9 Å². The number of amides is 1. The number of allylic oxidation sites excluding steroid dienone is 6. The van der Waals surface area contributed by atoms with Crippen molar-refractivity contribution >= 4 is 22.3 Å². The number of carbonyl (C=O) groups excluding carboxylic acids is 1. The van der Waals surface area contributed by atoms with Crippen LogP contribution in [0.3, 0.4) is 0 Å². The average Bonchev–Trinajstić information content (AvgIpc) is 2.94. The summed E-state index contributed by atoms with van der Waals surface area (Å²) in [5, 5.41) is 2.88. The first-order valence-electron chi connectivity index (χ1n) is 17.4. The molecular weight excluding hydrogens is 635 g/mol. The minimum absolute atomic E-state index is 0.0567. The number of hydrogen-bond acceptors (Lipinski definition) is 6. The van der Waals surface area contributed by atoms with E-state index >= 15 is 0 Å². The van der Waals surface area contributed by atoms with Crippen LogP contribution >= 0.6 is 0 Å². The molecule has 9 heteroatoms. The molecule has 0 unspecified atom stereocenters. The molecular formula is C39H71NO6Si2. The van der Waals surface area contributed by atoms with Crippen LogP contribution in [0.2, 0.25) is 43.8 Å². The van der Waals surface area contributed by atoms with Gasteiger partial charge in [0.15, 0.2) is 8.32 Å². The number of methoxy groups -OCH3 is 1. The van der Waals surface area contributed by atoms with Crippen molar-refractivity contribution in [3.8, 4) is 0 Å². The van der Waals surface area contributed by atoms with Gasteiger partial charge in [-0.3, -0.25) is 4.79 Å². The van der Waals surface area contributed by atoms with Crippen LogP contribution in [0.15, 0.2) is 72.0 Å². The molecule has 0 spiro atoms. The van der Waals surface area contributed by atoms with Crippen molar-refractivity contribution in [3.63, 3.8) is 0 Å². The van der Waals surface area contributed by atoms with E-state index in [0.29, 0.717) is 0 Å². The Labute approximate surface area is 297 Å². The molecule has 0 rings (SSSR count). The van der Waals surface area contributed by atoms with Gasteiger partial charge in [-0.15, -0.1) is 6.58 Å². The van der Waals surface area contributed by atoms with E-state index in [2.05, 4.69) is 104 Å². The van der Waals surface area contributed by atoms with Gasteiger partial charge in [0, 0.05) is 40.0 Å². The molecule has 0 bridgehead atoms. The van der Waals surface area contributed by atoms with Gasteiger partial charge in [-0.05, 0) is 77.2 Å². The second kappa shape index (κ2) is 23.5. The second-order valence-electron chi connectivity index (χ2n) is 15.8. The first-order valence-corrected chi connectivity index (χ1v) is 24.1. The summed E-state index contributed by atoms with van der Waals surface area (Å²) >= 11 is 0. The van der Waals surface area contributed by atoms with Gasteiger partial charge in [-0.25, -0.2) is 0 Å². The highest BCUT2D eigenvalue weighted by molar-refractivity contribution is 6.76. The van der Waals surface area contributed by atoms with Crippen molar-refractivity contribution in [1.82, 2.24) is 5.32 Å². The Morgan fingerprint density at radius 3 is 2.21 bits per heavy atom. The van der Waals surface area contributed by atoms with Crippen molar-refractivity contribution in [2.45, 2.75) is 137 Å². The first kappa shape index (κ1) is 46.1. The van der Waals surface area contributed by atoms with Crippen molar-refractivity contribution in [2.24, 2.45) is 5.92 Å². The molecule has 0 saturated heterocycles. The van der Waals surface area contributed by atoms with Crippen LogP contribution in [-0.4, -0.2) is 67.9 Å². The Morgan fingerprint density at radius 1 is 0.979 bits per heavy atom. The lowest BCUT2D eigenvalue weighted by molar-refractivity contribution is -0.115.